The predicted octanol–water partition coefficient (Wildman–Crippen LogP) is 3.56. The molecule has 0 radical (unpaired) electrons. The minimum Gasteiger partial charge on any atom is -0.449 e. The third-order valence-corrected chi connectivity index (χ3v) is 9.69. The molecule has 2 aromatic rings. The summed E-state index contributed by atoms with van der Waals surface area (Å²) in [4.78, 5) is 29.6. The van der Waals surface area contributed by atoms with Crippen LogP contribution in [0.5, 0.6) is 0 Å². The molecule has 8 nitrogen and oxygen atoms in total. The highest BCUT2D eigenvalue weighted by Crippen LogP contribution is 2.57. The lowest BCUT2D eigenvalue weighted by atomic mass is 9.51. The number of aromatic nitrogens is 3. The van der Waals surface area contributed by atoms with E-state index in [0.29, 0.717) is 55.7 Å². The van der Waals surface area contributed by atoms with Gasteiger partial charge >= 0.3 is 6.09 Å². The molecule has 0 unspecified atom stereocenters. The van der Waals surface area contributed by atoms with Gasteiger partial charge < -0.3 is 14.5 Å². The molecule has 1 N–H and O–H groups in total. The van der Waals surface area contributed by atoms with E-state index >= 15 is 0 Å². The van der Waals surface area contributed by atoms with Crippen LogP contribution in [0.3, 0.4) is 0 Å². The van der Waals surface area contributed by atoms with E-state index in [-0.39, 0.29) is 12.0 Å². The summed E-state index contributed by atoms with van der Waals surface area (Å²) in [5.74, 6) is 5.21. The molecule has 2 aliphatic heterocycles. The lowest BCUT2D eigenvalue weighted by Crippen LogP contribution is -2.45. The molecule has 34 heavy (non-hydrogen) atoms. The number of hydrogen-bond donors (Lipinski definition) is 1. The summed E-state index contributed by atoms with van der Waals surface area (Å²) in [5, 5.41) is 10.7. The van der Waals surface area contributed by atoms with Gasteiger partial charge in [-0.05, 0) is 86.3 Å². The van der Waals surface area contributed by atoms with Crippen molar-refractivity contribution in [2.75, 3.05) is 32.8 Å². The van der Waals surface area contributed by atoms with E-state index in [1.165, 1.54) is 32.1 Å². The fourth-order valence-electron chi connectivity index (χ4n) is 8.35. The number of aromatic amines is 1. The van der Waals surface area contributed by atoms with Crippen LogP contribution < -0.4 is 0 Å². The van der Waals surface area contributed by atoms with E-state index in [9.17, 15) is 9.59 Å². The monoisotopic (exact) mass is 463 g/mol. The number of nitrogens with one attached hydrogen (secondary N) is 1. The molecule has 8 rings (SSSR count). The second-order valence-electron chi connectivity index (χ2n) is 11.7. The summed E-state index contributed by atoms with van der Waals surface area (Å²) in [6.45, 7) is 3.32. The zero-order chi connectivity index (χ0) is 22.8. The van der Waals surface area contributed by atoms with Gasteiger partial charge in [0.25, 0.3) is 5.91 Å². The van der Waals surface area contributed by atoms with Crippen LogP contribution in [0, 0.1) is 41.4 Å². The highest BCUT2D eigenvalue weighted by atomic mass is 16.6. The molecule has 1 aromatic heterocycles. The van der Waals surface area contributed by atoms with Crippen molar-refractivity contribution in [2.24, 2.45) is 41.4 Å². The van der Waals surface area contributed by atoms with Gasteiger partial charge in [-0.1, -0.05) is 0 Å². The zero-order valence-corrected chi connectivity index (χ0v) is 19.6. The van der Waals surface area contributed by atoms with Crippen LogP contribution in [0.4, 0.5) is 4.79 Å². The van der Waals surface area contributed by atoms with Crippen LogP contribution in [0.15, 0.2) is 18.2 Å². The number of hydrogen-bond acceptors (Lipinski definition) is 5. The van der Waals surface area contributed by atoms with Gasteiger partial charge in [0.1, 0.15) is 11.0 Å². The maximum atomic E-state index is 13.0. The molecular formula is C26H33N5O3. The molecule has 2 atom stereocenters. The molecular weight excluding hydrogens is 430 g/mol. The molecule has 2 amide bonds. The molecule has 180 valence electrons. The van der Waals surface area contributed by atoms with Gasteiger partial charge in [-0.3, -0.25) is 4.79 Å². The van der Waals surface area contributed by atoms with Gasteiger partial charge in [-0.25, -0.2) is 4.79 Å². The molecule has 4 bridgehead atoms. The van der Waals surface area contributed by atoms with E-state index < -0.39 is 0 Å². The molecule has 1 aromatic carbocycles. The summed E-state index contributed by atoms with van der Waals surface area (Å²) in [5.41, 5.74) is 2.10. The topological polar surface area (TPSA) is 91.4 Å². The van der Waals surface area contributed by atoms with Crippen molar-refractivity contribution < 1.29 is 14.3 Å². The molecule has 4 aliphatic carbocycles. The van der Waals surface area contributed by atoms with E-state index in [4.69, 9.17) is 4.74 Å². The third-order valence-electron chi connectivity index (χ3n) is 9.69. The molecule has 6 fully saturated rings. The molecule has 2 saturated heterocycles. The van der Waals surface area contributed by atoms with Crippen molar-refractivity contribution in [3.63, 3.8) is 0 Å². The summed E-state index contributed by atoms with van der Waals surface area (Å²) >= 11 is 0. The van der Waals surface area contributed by atoms with Gasteiger partial charge in [-0.15, -0.1) is 0 Å². The van der Waals surface area contributed by atoms with Crippen molar-refractivity contribution in [1.82, 2.24) is 25.2 Å². The average Bonchev–Trinajstić information content (AvgIpc) is 3.54. The fourth-order valence-corrected chi connectivity index (χ4v) is 8.35. The fraction of sp³-hybridized carbons (Fsp3) is 0.692. The Labute approximate surface area is 199 Å². The first-order chi connectivity index (χ1) is 16.6. The van der Waals surface area contributed by atoms with Crippen molar-refractivity contribution >= 4 is 23.0 Å². The standard InChI is InChI=1S/C26H33N5O3/c32-25(17-1-2-23-24(10-17)28-29-27-23)30-11-20-13-31(14-21(20)12-30)26(33)34-4-3-22-18-6-15-5-16(8-18)9-19(22)7-15/h1-2,10,15-16,18-22H,3-9,11-14H2,(H,27,28,29)/t15?,16?,18?,19?,20-,21+,22?. The summed E-state index contributed by atoms with van der Waals surface area (Å²) in [7, 11) is 0. The summed E-state index contributed by atoms with van der Waals surface area (Å²) in [6.07, 6.45) is 8.04. The van der Waals surface area contributed by atoms with E-state index in [0.717, 1.165) is 41.5 Å². The second kappa shape index (κ2) is 7.95. The van der Waals surface area contributed by atoms with Crippen LogP contribution >= 0.6 is 0 Å². The largest absolute Gasteiger partial charge is 0.449 e. The molecule has 8 heteroatoms. The van der Waals surface area contributed by atoms with Crippen LogP contribution in [0.25, 0.3) is 11.0 Å². The molecule has 0 spiro atoms. The first-order valence-electron chi connectivity index (χ1n) is 13.1. The number of likely N-dealkylation sites (tertiary alicyclic amines) is 2. The Morgan fingerprint density at radius 3 is 2.21 bits per heavy atom. The van der Waals surface area contributed by atoms with Crippen molar-refractivity contribution in [2.45, 2.75) is 38.5 Å². The SMILES string of the molecule is O=C(OCCC1C2CC3CC(C2)CC1C3)N1C[C@@H]2CN(C(=O)c3ccc4n[nH]nc4c3)C[C@@H]2C1. The van der Waals surface area contributed by atoms with E-state index in [2.05, 4.69) is 15.4 Å². The molecule has 4 saturated carbocycles. The number of ether oxygens (including phenoxy) is 1. The van der Waals surface area contributed by atoms with E-state index in [1.54, 1.807) is 6.07 Å². The lowest BCUT2D eigenvalue weighted by Gasteiger charge is -2.54. The number of H-pyrrole nitrogens is 1. The van der Waals surface area contributed by atoms with Gasteiger partial charge in [-0.2, -0.15) is 15.4 Å². The van der Waals surface area contributed by atoms with Gasteiger partial charge in [0, 0.05) is 43.6 Å². The van der Waals surface area contributed by atoms with Gasteiger partial charge in [0.05, 0.1) is 6.61 Å². The van der Waals surface area contributed by atoms with Crippen LogP contribution in [0.2, 0.25) is 0 Å². The van der Waals surface area contributed by atoms with E-state index in [1.807, 2.05) is 21.9 Å². The number of nitrogens with zero attached hydrogens (tertiary/aromatic N) is 4. The number of carbonyl (C=O) groups excluding carboxylic acids is 2. The Balaban J connectivity index is 0.899. The normalized spacial score (nSPS) is 35.8. The third kappa shape index (κ3) is 3.48. The van der Waals surface area contributed by atoms with Crippen LogP contribution in [0.1, 0.15) is 48.9 Å². The van der Waals surface area contributed by atoms with Crippen LogP contribution in [-0.4, -0.2) is 70.0 Å². The summed E-state index contributed by atoms with van der Waals surface area (Å²) in [6, 6.07) is 5.43. The van der Waals surface area contributed by atoms with Crippen molar-refractivity contribution in [3.05, 3.63) is 23.8 Å². The maximum Gasteiger partial charge on any atom is 0.409 e. The predicted molar refractivity (Wildman–Crippen MR) is 125 cm³/mol. The number of carbonyl (C=O) groups is 2. The zero-order valence-electron chi connectivity index (χ0n) is 19.6. The Hall–Kier alpha value is -2.64. The highest BCUT2D eigenvalue weighted by molar-refractivity contribution is 5.97. The number of fused-ring (bicyclic) bond motifs is 2. The quantitative estimate of drug-likeness (QED) is 0.749. The van der Waals surface area contributed by atoms with Crippen LogP contribution in [-0.2, 0) is 4.74 Å². The molecule has 3 heterocycles. The Bertz CT molecular complexity index is 1070. The maximum absolute atomic E-state index is 13.0. The van der Waals surface area contributed by atoms with Crippen molar-refractivity contribution in [3.8, 4) is 0 Å². The Kier molecular flexibility index (Phi) is 4.84. The first kappa shape index (κ1) is 20.7. The van der Waals surface area contributed by atoms with Crippen molar-refractivity contribution in [1.29, 1.82) is 0 Å². The minimum absolute atomic E-state index is 0.0316. The second-order valence-corrected chi connectivity index (χ2v) is 11.7. The highest BCUT2D eigenvalue weighted by Gasteiger charge is 2.48. The minimum atomic E-state index is -0.160. The first-order valence-corrected chi connectivity index (χ1v) is 13.1. The molecule has 6 aliphatic rings. The number of amides is 2. The average molecular weight is 464 g/mol. The Morgan fingerprint density at radius 1 is 0.853 bits per heavy atom. The number of rotatable bonds is 4. The van der Waals surface area contributed by atoms with Gasteiger partial charge in [0.2, 0.25) is 0 Å². The Morgan fingerprint density at radius 2 is 1.50 bits per heavy atom. The van der Waals surface area contributed by atoms with Gasteiger partial charge in [0.15, 0.2) is 0 Å². The lowest BCUT2D eigenvalue weighted by molar-refractivity contribution is -0.0462. The summed E-state index contributed by atoms with van der Waals surface area (Å²) < 4.78 is 5.76. The number of benzene rings is 1. The smallest absolute Gasteiger partial charge is 0.409 e.